The van der Waals surface area contributed by atoms with Crippen LogP contribution in [0.25, 0.3) is 22.3 Å². The first-order valence-electron chi connectivity index (χ1n) is 12.3. The quantitative estimate of drug-likeness (QED) is 0.354. The maximum absolute atomic E-state index is 13.3. The van der Waals surface area contributed by atoms with Crippen LogP contribution in [-0.4, -0.2) is 52.9 Å². The van der Waals surface area contributed by atoms with E-state index in [4.69, 9.17) is 4.98 Å². The third kappa shape index (κ3) is 5.20. The van der Waals surface area contributed by atoms with Gasteiger partial charge in [0.25, 0.3) is 11.5 Å². The second-order valence-corrected chi connectivity index (χ2v) is 10.4. The molecule has 0 aliphatic heterocycles. The standard InChI is InChI=1S/C27H29FN6O2S/c1-33(2)26(36)24-25(35)30-19-13-21(23(14-20(19)29-24)34(3)18-7-5-4-6-8-18)31-27-32-22(15-37-27)16-9-11-17(28)12-10-16/h9-15,18H,4-8H2,1-3H3,(H,30,35)(H,31,32). The monoisotopic (exact) mass is 520 g/mol. The van der Waals surface area contributed by atoms with Crippen molar-refractivity contribution in [2.24, 2.45) is 0 Å². The van der Waals surface area contributed by atoms with Gasteiger partial charge in [0, 0.05) is 38.1 Å². The van der Waals surface area contributed by atoms with Crippen molar-refractivity contribution < 1.29 is 9.18 Å². The molecule has 1 saturated carbocycles. The van der Waals surface area contributed by atoms with Gasteiger partial charge < -0.3 is 20.1 Å². The Balaban J connectivity index is 1.56. The van der Waals surface area contributed by atoms with Crippen LogP contribution in [-0.2, 0) is 0 Å². The molecule has 8 nitrogen and oxygen atoms in total. The topological polar surface area (TPSA) is 94.2 Å². The summed E-state index contributed by atoms with van der Waals surface area (Å²) in [4.78, 5) is 40.8. The number of aromatic amines is 1. The molecule has 1 amide bonds. The van der Waals surface area contributed by atoms with Crippen LogP contribution in [0, 0.1) is 5.82 Å². The molecule has 2 heterocycles. The summed E-state index contributed by atoms with van der Waals surface area (Å²) in [7, 11) is 5.26. The third-order valence-electron chi connectivity index (χ3n) is 6.81. The number of hydrogen-bond donors (Lipinski definition) is 2. The normalized spacial score (nSPS) is 14.1. The van der Waals surface area contributed by atoms with Crippen LogP contribution in [0.5, 0.6) is 0 Å². The van der Waals surface area contributed by atoms with Crippen LogP contribution in [0.3, 0.4) is 0 Å². The second kappa shape index (κ2) is 10.3. The van der Waals surface area contributed by atoms with E-state index in [1.807, 2.05) is 17.5 Å². The van der Waals surface area contributed by atoms with Crippen molar-refractivity contribution in [2.45, 2.75) is 38.1 Å². The molecule has 2 aromatic carbocycles. The molecule has 0 bridgehead atoms. The zero-order valence-electron chi connectivity index (χ0n) is 21.0. The Bertz CT molecular complexity index is 1490. The highest BCUT2D eigenvalue weighted by atomic mass is 32.1. The lowest BCUT2D eigenvalue weighted by molar-refractivity contribution is 0.0820. The van der Waals surface area contributed by atoms with E-state index in [1.54, 1.807) is 26.2 Å². The SMILES string of the molecule is CN(C)C(=O)c1nc2cc(N(C)C3CCCCC3)c(Nc3nc(-c4ccc(F)cc4)cs3)cc2[nH]c1=O. The Morgan fingerprint density at radius 2 is 1.81 bits per heavy atom. The first-order valence-corrected chi connectivity index (χ1v) is 13.2. The minimum Gasteiger partial charge on any atom is -0.370 e. The number of amides is 1. The van der Waals surface area contributed by atoms with Crippen LogP contribution in [0.2, 0.25) is 0 Å². The molecule has 4 aromatic rings. The molecule has 0 unspecified atom stereocenters. The highest BCUT2D eigenvalue weighted by Gasteiger charge is 2.23. The number of aromatic nitrogens is 3. The molecule has 192 valence electrons. The van der Waals surface area contributed by atoms with Gasteiger partial charge in [0.1, 0.15) is 5.82 Å². The fourth-order valence-corrected chi connectivity index (χ4v) is 5.47. The molecule has 0 spiro atoms. The molecule has 2 N–H and O–H groups in total. The van der Waals surface area contributed by atoms with Crippen molar-refractivity contribution in [1.82, 2.24) is 19.9 Å². The molecule has 37 heavy (non-hydrogen) atoms. The Kier molecular flexibility index (Phi) is 6.92. The largest absolute Gasteiger partial charge is 0.370 e. The minimum absolute atomic E-state index is 0.131. The number of nitrogens with one attached hydrogen (secondary N) is 2. The van der Waals surface area contributed by atoms with Gasteiger partial charge in [-0.3, -0.25) is 9.59 Å². The van der Waals surface area contributed by atoms with Gasteiger partial charge in [-0.25, -0.2) is 14.4 Å². The lowest BCUT2D eigenvalue weighted by Gasteiger charge is -2.34. The summed E-state index contributed by atoms with van der Waals surface area (Å²) in [6.45, 7) is 0. The molecule has 5 rings (SSSR count). The number of benzene rings is 2. The van der Waals surface area contributed by atoms with Gasteiger partial charge in [0.05, 0.1) is 28.1 Å². The molecule has 10 heteroatoms. The average molecular weight is 521 g/mol. The van der Waals surface area contributed by atoms with E-state index in [-0.39, 0.29) is 11.5 Å². The summed E-state index contributed by atoms with van der Waals surface area (Å²) in [6.07, 6.45) is 5.82. The van der Waals surface area contributed by atoms with Gasteiger partial charge in [-0.15, -0.1) is 11.3 Å². The molecular formula is C27H29FN6O2S. The molecule has 2 aromatic heterocycles. The number of nitrogens with zero attached hydrogens (tertiary/aromatic N) is 4. The predicted molar refractivity (Wildman–Crippen MR) is 146 cm³/mol. The molecule has 0 radical (unpaired) electrons. The Hall–Kier alpha value is -3.79. The van der Waals surface area contributed by atoms with Crippen molar-refractivity contribution in [3.63, 3.8) is 0 Å². The zero-order chi connectivity index (χ0) is 26.1. The number of carbonyl (C=O) groups excluding carboxylic acids is 1. The molecule has 0 atom stereocenters. The molecule has 1 fully saturated rings. The van der Waals surface area contributed by atoms with E-state index in [0.717, 1.165) is 35.5 Å². The molecular weight excluding hydrogens is 491 g/mol. The summed E-state index contributed by atoms with van der Waals surface area (Å²) in [5.41, 5.74) is 3.68. The van der Waals surface area contributed by atoms with E-state index in [1.165, 1.54) is 47.6 Å². The van der Waals surface area contributed by atoms with E-state index < -0.39 is 11.5 Å². The van der Waals surface area contributed by atoms with Crippen LogP contribution < -0.4 is 15.8 Å². The van der Waals surface area contributed by atoms with Gasteiger partial charge in [0.2, 0.25) is 0 Å². The van der Waals surface area contributed by atoms with Crippen LogP contribution in [0.15, 0.2) is 46.6 Å². The lowest BCUT2D eigenvalue weighted by Crippen LogP contribution is -2.34. The second-order valence-electron chi connectivity index (χ2n) is 9.57. The van der Waals surface area contributed by atoms with Crippen molar-refractivity contribution in [3.05, 3.63) is 63.6 Å². The van der Waals surface area contributed by atoms with E-state index >= 15 is 0 Å². The first-order chi connectivity index (χ1) is 17.8. The van der Waals surface area contributed by atoms with Gasteiger partial charge in [-0.2, -0.15) is 0 Å². The molecule has 1 aliphatic carbocycles. The van der Waals surface area contributed by atoms with E-state index in [2.05, 4.69) is 27.2 Å². The highest BCUT2D eigenvalue weighted by Crippen LogP contribution is 2.37. The molecule has 0 saturated heterocycles. The lowest BCUT2D eigenvalue weighted by atomic mass is 9.94. The maximum Gasteiger partial charge on any atom is 0.280 e. The Morgan fingerprint density at radius 3 is 2.51 bits per heavy atom. The summed E-state index contributed by atoms with van der Waals surface area (Å²) >= 11 is 1.45. The van der Waals surface area contributed by atoms with Crippen molar-refractivity contribution >= 4 is 44.8 Å². The highest BCUT2D eigenvalue weighted by molar-refractivity contribution is 7.14. The van der Waals surface area contributed by atoms with Crippen LogP contribution >= 0.6 is 11.3 Å². The number of H-pyrrole nitrogens is 1. The van der Waals surface area contributed by atoms with Gasteiger partial charge in [0.15, 0.2) is 10.8 Å². The average Bonchev–Trinajstić information content (AvgIpc) is 3.36. The summed E-state index contributed by atoms with van der Waals surface area (Å²) in [5.74, 6) is -0.731. The third-order valence-corrected chi connectivity index (χ3v) is 7.56. The number of carbonyl (C=O) groups is 1. The number of hydrogen-bond acceptors (Lipinski definition) is 7. The minimum atomic E-state index is -0.529. The number of halogens is 1. The van der Waals surface area contributed by atoms with Crippen molar-refractivity contribution in [1.29, 1.82) is 0 Å². The number of fused-ring (bicyclic) bond motifs is 1. The van der Waals surface area contributed by atoms with Crippen LogP contribution in [0.1, 0.15) is 42.6 Å². The van der Waals surface area contributed by atoms with Gasteiger partial charge in [-0.1, -0.05) is 19.3 Å². The van der Waals surface area contributed by atoms with Crippen molar-refractivity contribution in [3.8, 4) is 11.3 Å². The fourth-order valence-electron chi connectivity index (χ4n) is 4.74. The van der Waals surface area contributed by atoms with E-state index in [9.17, 15) is 14.0 Å². The number of rotatable bonds is 6. The summed E-state index contributed by atoms with van der Waals surface area (Å²) in [6, 6.07) is 10.4. The fraction of sp³-hybridized carbons (Fsp3) is 0.333. The smallest absolute Gasteiger partial charge is 0.280 e. The zero-order valence-corrected chi connectivity index (χ0v) is 21.9. The summed E-state index contributed by atoms with van der Waals surface area (Å²) in [5, 5.41) is 6.02. The number of thiazole rings is 1. The van der Waals surface area contributed by atoms with E-state index in [0.29, 0.717) is 22.2 Å². The first kappa shape index (κ1) is 24.9. The van der Waals surface area contributed by atoms with Gasteiger partial charge >= 0.3 is 0 Å². The van der Waals surface area contributed by atoms with Crippen LogP contribution in [0.4, 0.5) is 20.9 Å². The Morgan fingerprint density at radius 1 is 1.08 bits per heavy atom. The maximum atomic E-state index is 13.3. The summed E-state index contributed by atoms with van der Waals surface area (Å²) < 4.78 is 13.3. The Labute approximate surface area is 218 Å². The molecule has 1 aliphatic rings. The van der Waals surface area contributed by atoms with Gasteiger partial charge in [-0.05, 0) is 49.2 Å². The predicted octanol–water partition coefficient (Wildman–Crippen LogP) is 5.40. The number of anilines is 3. The van der Waals surface area contributed by atoms with Crippen molar-refractivity contribution in [2.75, 3.05) is 31.4 Å².